The lowest BCUT2D eigenvalue weighted by atomic mass is 9.82. The molecule has 1 aliphatic carbocycles. The number of methoxy groups -OCH3 is 1. The number of benzene rings is 2. The van der Waals surface area contributed by atoms with Crippen molar-refractivity contribution in [3.63, 3.8) is 0 Å². The van der Waals surface area contributed by atoms with Gasteiger partial charge >= 0.3 is 0 Å². The Morgan fingerprint density at radius 1 is 0.775 bits per heavy atom. The minimum absolute atomic E-state index is 0.0674. The van der Waals surface area contributed by atoms with E-state index in [1.165, 1.54) is 10.4 Å². The summed E-state index contributed by atoms with van der Waals surface area (Å²) in [4.78, 5) is 9.73. The summed E-state index contributed by atoms with van der Waals surface area (Å²) in [5.74, 6) is 1.94. The second-order valence-electron chi connectivity index (χ2n) is 11.8. The molecular weight excluding hydrogens is 516 g/mol. The second kappa shape index (κ2) is 15.0. The van der Waals surface area contributed by atoms with Crippen LogP contribution in [0.3, 0.4) is 0 Å². The van der Waals surface area contributed by atoms with Crippen LogP contribution in [0, 0.1) is 5.92 Å². The molecule has 40 heavy (non-hydrogen) atoms. The van der Waals surface area contributed by atoms with Crippen molar-refractivity contribution in [3.05, 3.63) is 84.4 Å². The molecule has 0 aliphatic heterocycles. The fourth-order valence-corrected chi connectivity index (χ4v) is 10.4. The van der Waals surface area contributed by atoms with E-state index in [4.69, 9.17) is 28.6 Å². The van der Waals surface area contributed by atoms with E-state index in [-0.39, 0.29) is 5.04 Å². The summed E-state index contributed by atoms with van der Waals surface area (Å²) in [6, 6.07) is 23.6. The number of hydrogen-bond acceptors (Lipinski definition) is 6. The van der Waals surface area contributed by atoms with Crippen LogP contribution in [-0.4, -0.2) is 58.4 Å². The van der Waals surface area contributed by atoms with Crippen LogP contribution < -0.4 is 10.4 Å². The van der Waals surface area contributed by atoms with Gasteiger partial charge in [-0.25, -0.2) is 9.97 Å². The maximum Gasteiger partial charge on any atom is 0.261 e. The first kappa shape index (κ1) is 30.5. The summed E-state index contributed by atoms with van der Waals surface area (Å²) < 4.78 is 23.5. The van der Waals surface area contributed by atoms with Crippen LogP contribution in [-0.2, 0) is 25.2 Å². The summed E-state index contributed by atoms with van der Waals surface area (Å²) in [5.41, 5.74) is 0.955. The Morgan fingerprint density at radius 2 is 1.38 bits per heavy atom. The SMILES string of the molecule is COCCOCCOC[C@H]1CC[C@H](c2nccc(CO[Si](c3ccccc3)(c3ccccc3)C(C)(C)C)n2)CC1. The van der Waals surface area contributed by atoms with Crippen LogP contribution in [0.15, 0.2) is 72.9 Å². The van der Waals surface area contributed by atoms with Crippen molar-refractivity contribution in [2.45, 2.75) is 64.0 Å². The molecule has 1 heterocycles. The predicted octanol–water partition coefficient (Wildman–Crippen LogP) is 5.51. The molecule has 1 fully saturated rings. The van der Waals surface area contributed by atoms with Gasteiger partial charge < -0.3 is 18.6 Å². The lowest BCUT2D eigenvalue weighted by Crippen LogP contribution is -2.66. The number of rotatable bonds is 14. The zero-order valence-electron chi connectivity index (χ0n) is 24.7. The van der Waals surface area contributed by atoms with Gasteiger partial charge in [-0.2, -0.15) is 0 Å². The molecule has 3 aromatic rings. The van der Waals surface area contributed by atoms with Crippen LogP contribution in [0.4, 0.5) is 0 Å². The standard InChI is InChI=1S/C33H46N2O4Si/c1-33(2,3)40(30-11-7-5-8-12-30,31-13-9-6-10-14-31)39-26-29-19-20-34-32(35-29)28-17-15-27(16-18-28)25-38-24-23-37-22-21-36-4/h5-14,19-20,27-28H,15-18,21-26H2,1-4H3/t27-,28-. The molecule has 4 rings (SSSR count). The third-order valence-corrected chi connectivity index (χ3v) is 12.9. The smallest absolute Gasteiger partial charge is 0.261 e. The van der Waals surface area contributed by atoms with Crippen LogP contribution in [0.25, 0.3) is 0 Å². The fourth-order valence-electron chi connectivity index (χ4n) is 5.83. The van der Waals surface area contributed by atoms with Gasteiger partial charge in [0.2, 0.25) is 0 Å². The number of nitrogens with zero attached hydrogens (tertiary/aromatic N) is 2. The summed E-state index contributed by atoms with van der Waals surface area (Å²) in [6.07, 6.45) is 6.38. The highest BCUT2D eigenvalue weighted by atomic mass is 28.4. The lowest BCUT2D eigenvalue weighted by molar-refractivity contribution is 0.0112. The molecule has 216 valence electrons. The molecule has 1 saturated carbocycles. The molecule has 1 aromatic heterocycles. The molecule has 0 N–H and O–H groups in total. The predicted molar refractivity (Wildman–Crippen MR) is 163 cm³/mol. The van der Waals surface area contributed by atoms with Gasteiger partial charge in [0.05, 0.1) is 38.7 Å². The van der Waals surface area contributed by atoms with Crippen molar-refractivity contribution in [2.24, 2.45) is 5.92 Å². The quantitative estimate of drug-likeness (QED) is 0.191. The van der Waals surface area contributed by atoms with E-state index < -0.39 is 8.32 Å². The maximum absolute atomic E-state index is 7.11. The van der Waals surface area contributed by atoms with Crippen molar-refractivity contribution in [3.8, 4) is 0 Å². The van der Waals surface area contributed by atoms with Gasteiger partial charge in [0.15, 0.2) is 0 Å². The fraction of sp³-hybridized carbons (Fsp3) is 0.515. The van der Waals surface area contributed by atoms with Crippen molar-refractivity contribution < 1.29 is 18.6 Å². The van der Waals surface area contributed by atoms with Gasteiger partial charge in [0, 0.05) is 25.8 Å². The summed E-state index contributed by atoms with van der Waals surface area (Å²) in [6.45, 7) is 10.7. The molecule has 2 aromatic carbocycles. The van der Waals surface area contributed by atoms with Gasteiger partial charge in [0.1, 0.15) is 5.82 Å². The Labute approximate surface area is 241 Å². The number of hydrogen-bond donors (Lipinski definition) is 0. The highest BCUT2D eigenvalue weighted by Crippen LogP contribution is 2.38. The average Bonchev–Trinajstić information content (AvgIpc) is 2.98. The van der Waals surface area contributed by atoms with Crippen molar-refractivity contribution in [1.82, 2.24) is 9.97 Å². The van der Waals surface area contributed by atoms with E-state index in [1.807, 2.05) is 12.3 Å². The molecule has 0 atom stereocenters. The van der Waals surface area contributed by atoms with Crippen LogP contribution >= 0.6 is 0 Å². The van der Waals surface area contributed by atoms with Crippen molar-refractivity contribution in [1.29, 1.82) is 0 Å². The van der Waals surface area contributed by atoms with Crippen LogP contribution in [0.5, 0.6) is 0 Å². The van der Waals surface area contributed by atoms with E-state index in [0.717, 1.165) is 43.8 Å². The average molecular weight is 563 g/mol. The summed E-state index contributed by atoms with van der Waals surface area (Å²) >= 11 is 0. The Morgan fingerprint density at radius 3 is 1.98 bits per heavy atom. The van der Waals surface area contributed by atoms with Crippen LogP contribution in [0.2, 0.25) is 5.04 Å². The number of aromatic nitrogens is 2. The Bertz CT molecular complexity index is 1090. The molecular formula is C33H46N2O4Si. The van der Waals surface area contributed by atoms with Gasteiger partial charge in [-0.3, -0.25) is 0 Å². The van der Waals surface area contributed by atoms with Gasteiger partial charge in [-0.1, -0.05) is 81.4 Å². The van der Waals surface area contributed by atoms with Gasteiger partial charge in [-0.05, 0) is 53.1 Å². The monoisotopic (exact) mass is 562 g/mol. The molecule has 1 aliphatic rings. The highest BCUT2D eigenvalue weighted by Gasteiger charge is 2.50. The lowest BCUT2D eigenvalue weighted by Gasteiger charge is -2.43. The van der Waals surface area contributed by atoms with E-state index in [9.17, 15) is 0 Å². The largest absolute Gasteiger partial charge is 0.401 e. The molecule has 0 radical (unpaired) electrons. The second-order valence-corrected chi connectivity index (χ2v) is 16.1. The molecule has 6 nitrogen and oxygen atoms in total. The first-order chi connectivity index (χ1) is 19.4. The van der Waals surface area contributed by atoms with Gasteiger partial charge in [0.25, 0.3) is 8.32 Å². The Kier molecular flexibility index (Phi) is 11.4. The molecule has 0 amide bonds. The zero-order valence-corrected chi connectivity index (χ0v) is 25.7. The third-order valence-electron chi connectivity index (χ3n) is 7.95. The normalized spacial score (nSPS) is 18.1. The van der Waals surface area contributed by atoms with Crippen molar-refractivity contribution in [2.75, 3.05) is 40.1 Å². The van der Waals surface area contributed by atoms with Gasteiger partial charge in [-0.15, -0.1) is 0 Å². The highest BCUT2D eigenvalue weighted by molar-refractivity contribution is 6.99. The van der Waals surface area contributed by atoms with E-state index in [0.29, 0.717) is 44.9 Å². The molecule has 0 unspecified atom stereocenters. The van der Waals surface area contributed by atoms with Crippen molar-refractivity contribution >= 4 is 18.7 Å². The summed E-state index contributed by atoms with van der Waals surface area (Å²) in [5, 5.41) is 2.50. The molecule has 0 spiro atoms. The third kappa shape index (κ3) is 7.86. The molecule has 0 bridgehead atoms. The van der Waals surface area contributed by atoms with E-state index in [2.05, 4.69) is 81.4 Å². The molecule has 7 heteroatoms. The van der Waals surface area contributed by atoms with E-state index >= 15 is 0 Å². The Hall–Kier alpha value is -2.42. The first-order valence-corrected chi connectivity index (χ1v) is 16.6. The number of ether oxygens (including phenoxy) is 3. The first-order valence-electron chi connectivity index (χ1n) is 14.7. The zero-order chi connectivity index (χ0) is 28.3. The van der Waals surface area contributed by atoms with E-state index in [1.54, 1.807) is 7.11 Å². The minimum Gasteiger partial charge on any atom is -0.401 e. The summed E-state index contributed by atoms with van der Waals surface area (Å²) in [7, 11) is -0.931. The van der Waals surface area contributed by atoms with Crippen LogP contribution in [0.1, 0.15) is 63.9 Å². The Balaban J connectivity index is 1.39. The topological polar surface area (TPSA) is 62.7 Å². The minimum atomic E-state index is -2.61. The molecule has 0 saturated heterocycles. The maximum atomic E-state index is 7.11.